The molecule has 5 nitrogen and oxygen atoms in total. The van der Waals surface area contributed by atoms with Crippen molar-refractivity contribution in [3.63, 3.8) is 0 Å². The van der Waals surface area contributed by atoms with Crippen molar-refractivity contribution in [1.82, 2.24) is 9.55 Å². The first kappa shape index (κ1) is 17.7. The van der Waals surface area contributed by atoms with E-state index in [2.05, 4.69) is 9.98 Å². The Balaban J connectivity index is 2.00. The smallest absolute Gasteiger partial charge is 0.265 e. The lowest BCUT2D eigenvalue weighted by atomic mass is 10.1. The average Bonchev–Trinajstić information content (AvgIpc) is 2.71. The van der Waals surface area contributed by atoms with Gasteiger partial charge in [-0.15, -0.1) is 0 Å². The molecule has 0 aliphatic carbocycles. The summed E-state index contributed by atoms with van der Waals surface area (Å²) in [6.45, 7) is 3.98. The van der Waals surface area contributed by atoms with Crippen LogP contribution in [0.5, 0.6) is 5.88 Å². The molecule has 5 heteroatoms. The van der Waals surface area contributed by atoms with E-state index in [-0.39, 0.29) is 11.4 Å². The summed E-state index contributed by atoms with van der Waals surface area (Å²) >= 11 is 0. The molecule has 0 unspecified atom stereocenters. The Morgan fingerprint density at radius 3 is 2.43 bits per heavy atom. The van der Waals surface area contributed by atoms with E-state index in [1.165, 1.54) is 4.57 Å². The van der Waals surface area contributed by atoms with Crippen molar-refractivity contribution < 1.29 is 5.11 Å². The molecule has 0 saturated heterocycles. The molecule has 0 spiro atoms. The number of rotatable bonds is 3. The summed E-state index contributed by atoms with van der Waals surface area (Å²) in [5.74, 6) is 0.376. The number of hydrogen-bond donors (Lipinski definition) is 1. The number of aromatic nitrogens is 2. The van der Waals surface area contributed by atoms with E-state index in [0.29, 0.717) is 27.8 Å². The highest BCUT2D eigenvalue weighted by molar-refractivity contribution is 6.02. The van der Waals surface area contributed by atoms with Crippen molar-refractivity contribution in [1.29, 1.82) is 0 Å². The van der Waals surface area contributed by atoms with E-state index < -0.39 is 0 Å². The van der Waals surface area contributed by atoms with Crippen LogP contribution in [0.15, 0.2) is 76.6 Å². The highest BCUT2D eigenvalue weighted by atomic mass is 16.3. The number of pyridine rings is 2. The van der Waals surface area contributed by atoms with Crippen LogP contribution in [-0.4, -0.2) is 20.9 Å². The molecule has 138 valence electrons. The Morgan fingerprint density at radius 1 is 0.964 bits per heavy atom. The van der Waals surface area contributed by atoms with Gasteiger partial charge in [0.2, 0.25) is 5.88 Å². The van der Waals surface area contributed by atoms with Gasteiger partial charge < -0.3 is 5.11 Å². The van der Waals surface area contributed by atoms with E-state index >= 15 is 0 Å². The minimum atomic E-state index is -0.272. The second-order valence-electron chi connectivity index (χ2n) is 6.64. The monoisotopic (exact) mass is 369 g/mol. The number of benzene rings is 2. The summed E-state index contributed by atoms with van der Waals surface area (Å²) in [4.78, 5) is 21.7. The zero-order valence-corrected chi connectivity index (χ0v) is 15.6. The van der Waals surface area contributed by atoms with Crippen LogP contribution >= 0.6 is 0 Å². The van der Waals surface area contributed by atoms with Gasteiger partial charge in [0.25, 0.3) is 5.56 Å². The Labute approximate surface area is 162 Å². The van der Waals surface area contributed by atoms with Crippen LogP contribution in [-0.2, 0) is 0 Å². The summed E-state index contributed by atoms with van der Waals surface area (Å²) in [5, 5.41) is 12.2. The summed E-state index contributed by atoms with van der Waals surface area (Å²) in [6.07, 6.45) is 3.21. The van der Waals surface area contributed by atoms with E-state index in [0.717, 1.165) is 11.1 Å². The van der Waals surface area contributed by atoms with Crippen LogP contribution in [0.25, 0.3) is 16.5 Å². The fraction of sp³-hybridized carbons (Fsp3) is 0.0870. The van der Waals surface area contributed by atoms with Crippen molar-refractivity contribution in [2.24, 2.45) is 4.99 Å². The van der Waals surface area contributed by atoms with Gasteiger partial charge in [-0.25, -0.2) is 14.5 Å². The second kappa shape index (κ2) is 7.12. The van der Waals surface area contributed by atoms with Crippen LogP contribution in [0.3, 0.4) is 0 Å². The number of aryl methyl sites for hydroxylation is 2. The van der Waals surface area contributed by atoms with Crippen LogP contribution in [0.2, 0.25) is 0 Å². The van der Waals surface area contributed by atoms with Gasteiger partial charge in [0.05, 0.1) is 11.3 Å². The molecule has 0 atom stereocenters. The first-order valence-electron chi connectivity index (χ1n) is 8.95. The Morgan fingerprint density at radius 2 is 1.71 bits per heavy atom. The van der Waals surface area contributed by atoms with E-state index in [1.807, 2.05) is 56.3 Å². The molecule has 0 bridgehead atoms. The van der Waals surface area contributed by atoms with Gasteiger partial charge in [-0.3, -0.25) is 4.79 Å². The zero-order chi connectivity index (χ0) is 19.7. The number of aliphatic imine (C=N–C) groups is 1. The third-order valence-corrected chi connectivity index (χ3v) is 4.83. The molecule has 0 aliphatic heterocycles. The number of fused-ring (bicyclic) bond motifs is 1. The van der Waals surface area contributed by atoms with Gasteiger partial charge in [-0.05, 0) is 55.3 Å². The summed E-state index contributed by atoms with van der Waals surface area (Å²) in [5.41, 5.74) is 2.98. The van der Waals surface area contributed by atoms with Crippen LogP contribution in [0.1, 0.15) is 16.7 Å². The zero-order valence-electron chi connectivity index (χ0n) is 15.6. The fourth-order valence-electron chi connectivity index (χ4n) is 3.15. The molecule has 4 aromatic rings. The van der Waals surface area contributed by atoms with Crippen molar-refractivity contribution >= 4 is 22.8 Å². The van der Waals surface area contributed by atoms with Crippen LogP contribution < -0.4 is 5.56 Å². The molecule has 2 aromatic heterocycles. The molecule has 4 rings (SSSR count). The number of hydrogen-bond acceptors (Lipinski definition) is 4. The predicted molar refractivity (Wildman–Crippen MR) is 112 cm³/mol. The summed E-state index contributed by atoms with van der Waals surface area (Å²) < 4.78 is 1.33. The van der Waals surface area contributed by atoms with Gasteiger partial charge in [0, 0.05) is 23.2 Å². The third kappa shape index (κ3) is 3.07. The normalized spacial score (nSPS) is 11.4. The first-order chi connectivity index (χ1) is 13.6. The first-order valence-corrected chi connectivity index (χ1v) is 8.95. The summed E-state index contributed by atoms with van der Waals surface area (Å²) in [6, 6.07) is 18.3. The van der Waals surface area contributed by atoms with E-state index in [9.17, 15) is 9.90 Å². The molecule has 0 radical (unpaired) electrons. The second-order valence-corrected chi connectivity index (χ2v) is 6.64. The maximum atomic E-state index is 13.1. The van der Waals surface area contributed by atoms with Crippen molar-refractivity contribution in [2.45, 2.75) is 13.8 Å². The van der Waals surface area contributed by atoms with Crippen LogP contribution in [0.4, 0.5) is 5.82 Å². The minimum absolute atomic E-state index is 0.147. The fourth-order valence-corrected chi connectivity index (χ4v) is 3.15. The van der Waals surface area contributed by atoms with Gasteiger partial charge in [0.15, 0.2) is 5.82 Å². The van der Waals surface area contributed by atoms with Gasteiger partial charge in [-0.2, -0.15) is 0 Å². The van der Waals surface area contributed by atoms with Crippen LogP contribution in [0, 0.1) is 13.8 Å². The molecule has 0 aliphatic rings. The SMILES string of the molecule is Cc1ccc(-n2c(O)c(/C=N/c3ccccn3)c3ccccc3c2=O)cc1C. The van der Waals surface area contributed by atoms with E-state index in [1.54, 1.807) is 30.6 Å². The molecular formula is C23H19N3O2. The number of aromatic hydroxyl groups is 1. The van der Waals surface area contributed by atoms with Gasteiger partial charge >= 0.3 is 0 Å². The predicted octanol–water partition coefficient (Wildman–Crippen LogP) is 4.46. The third-order valence-electron chi connectivity index (χ3n) is 4.83. The average molecular weight is 369 g/mol. The highest BCUT2D eigenvalue weighted by Crippen LogP contribution is 2.27. The molecule has 1 N–H and O–H groups in total. The number of nitrogens with zero attached hydrogens (tertiary/aromatic N) is 3. The lowest BCUT2D eigenvalue weighted by molar-refractivity contribution is 0.436. The van der Waals surface area contributed by atoms with Crippen molar-refractivity contribution in [3.8, 4) is 11.6 Å². The molecule has 28 heavy (non-hydrogen) atoms. The molecule has 2 heterocycles. The Hall–Kier alpha value is -3.73. The lowest BCUT2D eigenvalue weighted by Gasteiger charge is -2.14. The lowest BCUT2D eigenvalue weighted by Crippen LogP contribution is -2.20. The minimum Gasteiger partial charge on any atom is -0.494 e. The van der Waals surface area contributed by atoms with Crippen molar-refractivity contribution in [2.75, 3.05) is 0 Å². The quantitative estimate of drug-likeness (QED) is 0.542. The van der Waals surface area contributed by atoms with E-state index in [4.69, 9.17) is 0 Å². The van der Waals surface area contributed by atoms with Crippen molar-refractivity contribution in [3.05, 3.63) is 93.9 Å². The molecular weight excluding hydrogens is 350 g/mol. The molecule has 0 fully saturated rings. The highest BCUT2D eigenvalue weighted by Gasteiger charge is 2.16. The maximum Gasteiger partial charge on any atom is 0.265 e. The maximum absolute atomic E-state index is 13.1. The largest absolute Gasteiger partial charge is 0.494 e. The Kier molecular flexibility index (Phi) is 4.49. The standard InChI is InChI=1S/C23H19N3O2/c1-15-10-11-17(13-16(15)2)26-22(27)19-8-4-3-7-18(19)20(23(26)28)14-25-21-9-5-6-12-24-21/h3-14,28H,1-2H3/b25-14+. The van der Waals surface area contributed by atoms with Gasteiger partial charge in [-0.1, -0.05) is 30.3 Å². The topological polar surface area (TPSA) is 67.5 Å². The summed E-state index contributed by atoms with van der Waals surface area (Å²) in [7, 11) is 0. The Bertz CT molecular complexity index is 1260. The molecule has 2 aromatic carbocycles. The molecule has 0 saturated carbocycles. The van der Waals surface area contributed by atoms with Gasteiger partial charge in [0.1, 0.15) is 0 Å². The molecule has 0 amide bonds.